The van der Waals surface area contributed by atoms with E-state index in [1.807, 2.05) is 43.3 Å². The molecule has 2 aromatic heterocycles. The lowest BCUT2D eigenvalue weighted by Crippen LogP contribution is -1.96. The predicted molar refractivity (Wildman–Crippen MR) is 99.7 cm³/mol. The molecular formula is C18H17ClN4O. The summed E-state index contributed by atoms with van der Waals surface area (Å²) in [6.45, 7) is 2.04. The SMILES string of the molecule is COc1cccc(Nc2cc(C)[nH]c3ccc4ncnc4c23)c1.Cl. The summed E-state index contributed by atoms with van der Waals surface area (Å²) in [5.74, 6) is 0.816. The lowest BCUT2D eigenvalue weighted by atomic mass is 10.1. The van der Waals surface area contributed by atoms with Crippen LogP contribution >= 0.6 is 12.4 Å². The van der Waals surface area contributed by atoms with Crippen LogP contribution in [0.5, 0.6) is 5.75 Å². The maximum absolute atomic E-state index is 5.29. The van der Waals surface area contributed by atoms with E-state index >= 15 is 0 Å². The van der Waals surface area contributed by atoms with Crippen molar-refractivity contribution in [2.24, 2.45) is 0 Å². The third-order valence-electron chi connectivity index (χ3n) is 3.85. The van der Waals surface area contributed by atoms with Crippen molar-refractivity contribution in [3.63, 3.8) is 0 Å². The second kappa shape index (κ2) is 6.37. The highest BCUT2D eigenvalue weighted by Crippen LogP contribution is 2.32. The standard InChI is InChI=1S/C18H16N4O.ClH/c1-11-8-16(22-12-4-3-5-13(9-12)23-2)17-14(21-11)6-7-15-18(17)20-10-19-15;/h3-10,21-22H,1-2H3;1H. The van der Waals surface area contributed by atoms with Gasteiger partial charge in [0.15, 0.2) is 0 Å². The molecule has 2 N–H and O–H groups in total. The molecule has 0 fully saturated rings. The van der Waals surface area contributed by atoms with E-state index in [4.69, 9.17) is 4.74 Å². The van der Waals surface area contributed by atoms with E-state index in [0.29, 0.717) is 0 Å². The van der Waals surface area contributed by atoms with Crippen molar-refractivity contribution in [2.75, 3.05) is 12.4 Å². The molecule has 0 aliphatic carbocycles. The number of aromatic amines is 1. The Labute approximate surface area is 145 Å². The fraction of sp³-hybridized carbons (Fsp3) is 0.111. The molecule has 122 valence electrons. The van der Waals surface area contributed by atoms with Gasteiger partial charge in [0.1, 0.15) is 17.6 Å². The van der Waals surface area contributed by atoms with Gasteiger partial charge in [-0.05, 0) is 37.3 Å². The second-order valence-electron chi connectivity index (χ2n) is 5.45. The fourth-order valence-electron chi connectivity index (χ4n) is 2.83. The zero-order valence-electron chi connectivity index (χ0n) is 13.3. The van der Waals surface area contributed by atoms with Gasteiger partial charge in [0.2, 0.25) is 0 Å². The third-order valence-corrected chi connectivity index (χ3v) is 3.85. The first-order valence-corrected chi connectivity index (χ1v) is 7.39. The van der Waals surface area contributed by atoms with Crippen LogP contribution < -0.4 is 10.1 Å². The van der Waals surface area contributed by atoms with Gasteiger partial charge in [-0.3, -0.25) is 0 Å². The first-order valence-electron chi connectivity index (χ1n) is 7.39. The van der Waals surface area contributed by atoms with Crippen LogP contribution in [-0.4, -0.2) is 22.1 Å². The van der Waals surface area contributed by atoms with Gasteiger partial charge >= 0.3 is 0 Å². The number of fused-ring (bicyclic) bond motifs is 3. The fourth-order valence-corrected chi connectivity index (χ4v) is 2.83. The summed E-state index contributed by atoms with van der Waals surface area (Å²) in [6.07, 6.45) is 1.60. The first kappa shape index (κ1) is 16.1. The molecule has 2 heterocycles. The van der Waals surface area contributed by atoms with Gasteiger partial charge < -0.3 is 15.0 Å². The maximum Gasteiger partial charge on any atom is 0.120 e. The number of aryl methyl sites for hydroxylation is 1. The average Bonchev–Trinajstić information content (AvgIpc) is 3.03. The summed E-state index contributed by atoms with van der Waals surface area (Å²) in [6, 6.07) is 14.0. The van der Waals surface area contributed by atoms with E-state index in [9.17, 15) is 0 Å². The van der Waals surface area contributed by atoms with E-state index in [1.54, 1.807) is 13.4 Å². The number of H-pyrrole nitrogens is 1. The number of pyridine rings is 1. The number of imidazole rings is 1. The van der Waals surface area contributed by atoms with E-state index in [0.717, 1.165) is 44.8 Å². The molecule has 0 radical (unpaired) electrons. The number of methoxy groups -OCH3 is 1. The lowest BCUT2D eigenvalue weighted by Gasteiger charge is -2.13. The molecule has 0 aliphatic heterocycles. The molecular weight excluding hydrogens is 324 g/mol. The van der Waals surface area contributed by atoms with Crippen LogP contribution in [0.3, 0.4) is 0 Å². The first-order chi connectivity index (χ1) is 11.2. The molecule has 6 heteroatoms. The maximum atomic E-state index is 5.29. The van der Waals surface area contributed by atoms with Gasteiger partial charge in [-0.2, -0.15) is 0 Å². The molecule has 0 unspecified atom stereocenters. The van der Waals surface area contributed by atoms with Crippen molar-refractivity contribution >= 4 is 45.7 Å². The third kappa shape index (κ3) is 2.74. The highest BCUT2D eigenvalue weighted by Gasteiger charge is 2.10. The number of aromatic nitrogens is 3. The molecule has 24 heavy (non-hydrogen) atoms. The Bertz CT molecular complexity index is 1010. The Hall–Kier alpha value is -2.79. The highest BCUT2D eigenvalue weighted by molar-refractivity contribution is 6.10. The van der Waals surface area contributed by atoms with E-state index in [1.165, 1.54) is 0 Å². The largest absolute Gasteiger partial charge is 0.497 e. The van der Waals surface area contributed by atoms with Crippen molar-refractivity contribution in [1.29, 1.82) is 0 Å². The summed E-state index contributed by atoms with van der Waals surface area (Å²) in [4.78, 5) is 12.1. The lowest BCUT2D eigenvalue weighted by molar-refractivity contribution is 0.415. The van der Waals surface area contributed by atoms with E-state index in [-0.39, 0.29) is 12.4 Å². The Morgan fingerprint density at radius 1 is 1.08 bits per heavy atom. The second-order valence-corrected chi connectivity index (χ2v) is 5.45. The van der Waals surface area contributed by atoms with Gasteiger partial charge in [0.25, 0.3) is 0 Å². The average molecular weight is 341 g/mol. The Balaban J connectivity index is 0.00000169. The molecule has 0 spiro atoms. The van der Waals surface area contributed by atoms with Crippen molar-refractivity contribution in [1.82, 2.24) is 15.0 Å². The van der Waals surface area contributed by atoms with Crippen LogP contribution in [0.15, 0.2) is 48.8 Å². The number of nitrogens with one attached hydrogen (secondary N) is 2. The van der Waals surface area contributed by atoms with Gasteiger partial charge in [-0.1, -0.05) is 6.07 Å². The molecule has 4 aromatic rings. The van der Waals surface area contributed by atoms with Crippen LogP contribution in [-0.2, 0) is 0 Å². The number of rotatable bonds is 3. The Kier molecular flexibility index (Phi) is 4.27. The van der Waals surface area contributed by atoms with Crippen molar-refractivity contribution < 1.29 is 4.74 Å². The predicted octanol–water partition coefficient (Wildman–Crippen LogP) is 4.59. The molecule has 4 rings (SSSR count). The number of anilines is 2. The number of halogens is 1. The Morgan fingerprint density at radius 2 is 1.96 bits per heavy atom. The van der Waals surface area contributed by atoms with Crippen LogP contribution in [0.1, 0.15) is 5.69 Å². The van der Waals surface area contributed by atoms with Crippen molar-refractivity contribution in [3.05, 3.63) is 54.5 Å². The highest BCUT2D eigenvalue weighted by atomic mass is 35.5. The number of hydrogen-bond donors (Lipinski definition) is 2. The van der Waals surface area contributed by atoms with Crippen molar-refractivity contribution in [2.45, 2.75) is 6.92 Å². The summed E-state index contributed by atoms with van der Waals surface area (Å²) in [7, 11) is 1.67. The molecule has 0 atom stereocenters. The molecule has 5 nitrogen and oxygen atoms in total. The topological polar surface area (TPSA) is 62.8 Å². The minimum absolute atomic E-state index is 0. The number of hydrogen-bond acceptors (Lipinski definition) is 4. The van der Waals surface area contributed by atoms with Crippen LogP contribution in [0.4, 0.5) is 11.4 Å². The summed E-state index contributed by atoms with van der Waals surface area (Å²) >= 11 is 0. The van der Waals surface area contributed by atoms with E-state index < -0.39 is 0 Å². The zero-order chi connectivity index (χ0) is 15.8. The van der Waals surface area contributed by atoms with Crippen molar-refractivity contribution in [3.8, 4) is 5.75 Å². The van der Waals surface area contributed by atoms with Crippen LogP contribution in [0, 0.1) is 6.92 Å². The molecule has 2 aromatic carbocycles. The number of benzene rings is 2. The van der Waals surface area contributed by atoms with Gasteiger partial charge in [-0.25, -0.2) is 9.97 Å². The van der Waals surface area contributed by atoms with Gasteiger partial charge in [0.05, 0.1) is 18.3 Å². The summed E-state index contributed by atoms with van der Waals surface area (Å²) in [5.41, 5.74) is 5.85. The summed E-state index contributed by atoms with van der Waals surface area (Å²) < 4.78 is 5.29. The number of nitrogens with zero attached hydrogens (tertiary/aromatic N) is 2. The smallest absolute Gasteiger partial charge is 0.120 e. The number of ether oxygens (including phenoxy) is 1. The molecule has 0 saturated heterocycles. The quantitative estimate of drug-likeness (QED) is 0.572. The minimum atomic E-state index is 0. The Morgan fingerprint density at radius 3 is 2.79 bits per heavy atom. The molecule has 0 aliphatic rings. The van der Waals surface area contributed by atoms with Crippen LogP contribution in [0.25, 0.3) is 21.9 Å². The summed E-state index contributed by atoms with van der Waals surface area (Å²) in [5, 5.41) is 4.51. The molecule has 0 bridgehead atoms. The van der Waals surface area contributed by atoms with Gasteiger partial charge in [0, 0.05) is 28.4 Å². The van der Waals surface area contributed by atoms with Crippen LogP contribution in [0.2, 0.25) is 0 Å². The van der Waals surface area contributed by atoms with E-state index in [2.05, 4.69) is 26.3 Å². The molecule has 0 amide bonds. The molecule has 0 saturated carbocycles. The monoisotopic (exact) mass is 340 g/mol. The van der Waals surface area contributed by atoms with Gasteiger partial charge in [-0.15, -0.1) is 12.4 Å². The zero-order valence-corrected chi connectivity index (χ0v) is 14.1. The normalized spacial score (nSPS) is 10.6. The minimum Gasteiger partial charge on any atom is -0.497 e.